The van der Waals surface area contributed by atoms with Gasteiger partial charge in [0.05, 0.1) is 0 Å². The first-order valence-corrected chi connectivity index (χ1v) is 8.27. The van der Waals surface area contributed by atoms with Gasteiger partial charge in [-0.15, -0.1) is 9.79 Å². The van der Waals surface area contributed by atoms with Crippen LogP contribution >= 0.6 is 8.25 Å². The van der Waals surface area contributed by atoms with Gasteiger partial charge in [-0.25, -0.2) is 0 Å². The van der Waals surface area contributed by atoms with Crippen LogP contribution in [0.3, 0.4) is 0 Å². The van der Waals surface area contributed by atoms with E-state index in [-0.39, 0.29) is 0 Å². The minimum atomic E-state index is -2.87. The number of benzene rings is 1. The molecule has 0 aliphatic rings. The molecule has 0 saturated heterocycles. The summed E-state index contributed by atoms with van der Waals surface area (Å²) in [5, 5.41) is 0. The van der Waals surface area contributed by atoms with Crippen molar-refractivity contribution in [1.82, 2.24) is 0 Å². The lowest BCUT2D eigenvalue weighted by molar-refractivity contribution is 0.405. The monoisotopic (exact) mass is 302 g/mol. The van der Waals surface area contributed by atoms with E-state index < -0.39 is 8.25 Å². The molecule has 1 aromatic carbocycles. The van der Waals surface area contributed by atoms with Crippen LogP contribution in [0.5, 0.6) is 0 Å². The minimum Gasteiger partial charge on any atom is -0.330 e. The Bertz CT molecular complexity index is 297. The third-order valence-corrected chi connectivity index (χ3v) is 2.50. The first-order valence-electron chi connectivity index (χ1n) is 7.11. The second-order valence-electron chi connectivity index (χ2n) is 4.46. The minimum absolute atomic E-state index is 0.867. The lowest BCUT2D eigenvalue weighted by atomic mass is 10.1. The van der Waals surface area contributed by atoms with Crippen LogP contribution in [0, 0.1) is 6.92 Å². The van der Waals surface area contributed by atoms with Crippen molar-refractivity contribution in [2.75, 3.05) is 6.54 Å². The number of aryl methyl sites for hydroxylation is 1. The molecule has 1 aromatic rings. The molecule has 0 amide bonds. The molecule has 0 aliphatic heterocycles. The maximum atomic E-state index is 8.70. The smallest absolute Gasteiger partial charge is 0.330 e. The Morgan fingerprint density at radius 1 is 1.00 bits per heavy atom. The van der Waals surface area contributed by atoms with Crippen LogP contribution in [0.4, 0.5) is 0 Å². The number of unbranched alkanes of at least 4 members (excludes halogenated alkanes) is 5. The molecule has 4 nitrogen and oxygen atoms in total. The molecule has 4 N–H and O–H groups in total. The highest BCUT2D eigenvalue weighted by Gasteiger charge is 1.93. The Labute approximate surface area is 124 Å². The zero-order valence-corrected chi connectivity index (χ0v) is 13.6. The first kappa shape index (κ1) is 21.5. The second-order valence-corrected chi connectivity index (χ2v) is 4.97. The Hall–Kier alpha value is -0.800. The fourth-order valence-electron chi connectivity index (χ4n) is 1.46. The van der Waals surface area contributed by atoms with Crippen molar-refractivity contribution in [3.8, 4) is 0 Å². The summed E-state index contributed by atoms with van der Waals surface area (Å²) in [7, 11) is -2.87. The van der Waals surface area contributed by atoms with Crippen LogP contribution in [0.2, 0.25) is 0 Å². The summed E-state index contributed by atoms with van der Waals surface area (Å²) in [4.78, 5) is 14.2. The van der Waals surface area contributed by atoms with E-state index in [9.17, 15) is 0 Å². The second kappa shape index (κ2) is 18.2. The molecule has 1 rings (SSSR count). The van der Waals surface area contributed by atoms with Gasteiger partial charge >= 0.3 is 8.25 Å². The van der Waals surface area contributed by atoms with Crippen LogP contribution in [0.25, 0.3) is 0 Å². The van der Waals surface area contributed by atoms with Gasteiger partial charge in [-0.3, -0.25) is 0 Å². The van der Waals surface area contributed by atoms with E-state index in [0.29, 0.717) is 0 Å². The quantitative estimate of drug-likeness (QED) is 0.549. The lowest BCUT2D eigenvalue weighted by Gasteiger charge is -1.96. The van der Waals surface area contributed by atoms with E-state index in [1.54, 1.807) is 0 Å². The molecule has 0 spiro atoms. The summed E-state index contributed by atoms with van der Waals surface area (Å²) in [6, 6.07) is 10.3. The Balaban J connectivity index is 0. The molecule has 0 heterocycles. The van der Waals surface area contributed by atoms with Gasteiger partial charge < -0.3 is 5.73 Å². The van der Waals surface area contributed by atoms with E-state index in [2.05, 4.69) is 26.0 Å². The third-order valence-electron chi connectivity index (χ3n) is 2.50. The van der Waals surface area contributed by atoms with Crippen molar-refractivity contribution in [3.63, 3.8) is 0 Å². The summed E-state index contributed by atoms with van der Waals surface area (Å²) in [5.74, 6) is 0. The molecule has 0 atom stereocenters. The molecular formula is C15H29NO3P+. The lowest BCUT2D eigenvalue weighted by Crippen LogP contribution is -1.97. The van der Waals surface area contributed by atoms with E-state index in [0.717, 1.165) is 6.54 Å². The van der Waals surface area contributed by atoms with Crippen molar-refractivity contribution >= 4 is 8.25 Å². The topological polar surface area (TPSA) is 83.6 Å². The number of hydrogen-bond donors (Lipinski definition) is 3. The van der Waals surface area contributed by atoms with Crippen molar-refractivity contribution in [2.45, 2.75) is 52.4 Å². The molecule has 116 valence electrons. The van der Waals surface area contributed by atoms with Gasteiger partial charge in [-0.05, 0) is 19.9 Å². The third kappa shape index (κ3) is 25.9. The van der Waals surface area contributed by atoms with E-state index in [1.807, 2.05) is 18.2 Å². The number of nitrogens with two attached hydrogens (primary N) is 1. The highest BCUT2D eigenvalue weighted by atomic mass is 31.1. The summed E-state index contributed by atoms with van der Waals surface area (Å²) < 4.78 is 8.70. The molecule has 0 bridgehead atoms. The van der Waals surface area contributed by atoms with Crippen LogP contribution in [-0.4, -0.2) is 16.3 Å². The Morgan fingerprint density at radius 3 is 1.80 bits per heavy atom. The average Bonchev–Trinajstić information content (AvgIpc) is 2.40. The normalized spacial score (nSPS) is 8.85. The maximum absolute atomic E-state index is 8.70. The van der Waals surface area contributed by atoms with Crippen LogP contribution in [0.15, 0.2) is 30.3 Å². The van der Waals surface area contributed by atoms with Crippen molar-refractivity contribution in [3.05, 3.63) is 35.9 Å². The van der Waals surface area contributed by atoms with Crippen molar-refractivity contribution < 1.29 is 14.4 Å². The summed E-state index contributed by atoms with van der Waals surface area (Å²) in [5.41, 5.74) is 6.67. The molecule has 0 aromatic heterocycles. The molecule has 0 aliphatic carbocycles. The van der Waals surface area contributed by atoms with E-state index in [4.69, 9.17) is 20.1 Å². The largest absolute Gasteiger partial charge is 0.692 e. The Kier molecular flexibility index (Phi) is 19.6. The van der Waals surface area contributed by atoms with Gasteiger partial charge in [0, 0.05) is 4.57 Å². The predicted octanol–water partition coefficient (Wildman–Crippen LogP) is 3.93. The molecular weight excluding hydrogens is 273 g/mol. The van der Waals surface area contributed by atoms with Gasteiger partial charge in [0.1, 0.15) is 0 Å². The number of rotatable bonds is 6. The van der Waals surface area contributed by atoms with Crippen LogP contribution < -0.4 is 5.73 Å². The predicted molar refractivity (Wildman–Crippen MR) is 85.7 cm³/mol. The standard InChI is InChI=1S/C8H19N.C7H8.HO3P/c1-2-3-4-5-6-7-8-9;1-7-5-3-2-4-6-7;1-4(2)3/h2-9H2,1H3;2-6H,1H3;(H-,1,2,3)/p+1. The zero-order chi connectivity index (χ0) is 15.6. The van der Waals surface area contributed by atoms with Gasteiger partial charge in [-0.2, -0.15) is 0 Å². The van der Waals surface area contributed by atoms with Crippen LogP contribution in [-0.2, 0) is 4.57 Å². The van der Waals surface area contributed by atoms with E-state index >= 15 is 0 Å². The van der Waals surface area contributed by atoms with Gasteiger partial charge in [0.15, 0.2) is 0 Å². The SMILES string of the molecule is CCCCCCCCN.Cc1ccccc1.O=[P+](O)O. The maximum Gasteiger partial charge on any atom is 0.692 e. The molecule has 0 radical (unpaired) electrons. The number of hydrogen-bond acceptors (Lipinski definition) is 2. The van der Waals surface area contributed by atoms with E-state index in [1.165, 1.54) is 44.1 Å². The Morgan fingerprint density at radius 2 is 1.45 bits per heavy atom. The van der Waals surface area contributed by atoms with Crippen molar-refractivity contribution in [2.24, 2.45) is 5.73 Å². The molecule has 5 heteroatoms. The molecule has 0 unspecified atom stereocenters. The highest BCUT2D eigenvalue weighted by molar-refractivity contribution is 7.30. The fourth-order valence-corrected chi connectivity index (χ4v) is 1.46. The van der Waals surface area contributed by atoms with Crippen molar-refractivity contribution in [1.29, 1.82) is 0 Å². The summed E-state index contributed by atoms with van der Waals surface area (Å²) in [6.07, 6.45) is 8.05. The highest BCUT2D eigenvalue weighted by Crippen LogP contribution is 2.03. The average molecular weight is 302 g/mol. The van der Waals surface area contributed by atoms with Gasteiger partial charge in [0.25, 0.3) is 0 Å². The van der Waals surface area contributed by atoms with Gasteiger partial charge in [-0.1, -0.05) is 74.9 Å². The van der Waals surface area contributed by atoms with Crippen LogP contribution in [0.1, 0.15) is 51.0 Å². The summed E-state index contributed by atoms with van der Waals surface area (Å²) >= 11 is 0. The fraction of sp³-hybridized carbons (Fsp3) is 0.600. The molecule has 0 saturated carbocycles. The molecule has 20 heavy (non-hydrogen) atoms. The van der Waals surface area contributed by atoms with Gasteiger partial charge in [0.2, 0.25) is 0 Å². The first-order chi connectivity index (χ1) is 9.54. The molecule has 0 fully saturated rings. The zero-order valence-electron chi connectivity index (χ0n) is 12.7. The summed E-state index contributed by atoms with van der Waals surface area (Å²) in [6.45, 7) is 5.19.